The number of imidazole rings is 1. The van der Waals surface area contributed by atoms with E-state index in [0.717, 1.165) is 11.0 Å². The third kappa shape index (κ3) is 3.75. The summed E-state index contributed by atoms with van der Waals surface area (Å²) in [5.41, 5.74) is 4.24. The molecule has 0 amide bonds. The van der Waals surface area contributed by atoms with E-state index in [9.17, 15) is 13.6 Å². The third-order valence-electron chi connectivity index (χ3n) is 5.08. The van der Waals surface area contributed by atoms with Crippen molar-refractivity contribution in [3.05, 3.63) is 78.0 Å². The zero-order chi connectivity index (χ0) is 22.8. The number of para-hydroxylation sites is 2. The Labute approximate surface area is 183 Å². The summed E-state index contributed by atoms with van der Waals surface area (Å²) in [5, 5.41) is 4.59. The van der Waals surface area contributed by atoms with Crippen molar-refractivity contribution in [3.63, 3.8) is 0 Å². The number of benzene rings is 2. The van der Waals surface area contributed by atoms with Crippen molar-refractivity contribution in [2.45, 2.75) is 20.1 Å². The van der Waals surface area contributed by atoms with Crippen LogP contribution in [0.25, 0.3) is 22.8 Å². The van der Waals surface area contributed by atoms with Crippen molar-refractivity contribution in [1.29, 1.82) is 0 Å². The second-order valence-electron chi connectivity index (χ2n) is 7.07. The lowest BCUT2D eigenvalue weighted by Crippen LogP contribution is -2.03. The SMILES string of the molecule is C=CCn1c2ccccc2n2nc(C)c(C(=O)/C=C/c3ccc(OC(F)F)c(OC)c3)c12. The van der Waals surface area contributed by atoms with Gasteiger partial charge in [-0.2, -0.15) is 13.9 Å². The van der Waals surface area contributed by atoms with Crippen molar-refractivity contribution >= 4 is 28.5 Å². The molecule has 4 rings (SSSR count). The summed E-state index contributed by atoms with van der Waals surface area (Å²) >= 11 is 0. The van der Waals surface area contributed by atoms with Crippen LogP contribution in [0, 0.1) is 6.92 Å². The van der Waals surface area contributed by atoms with Gasteiger partial charge in [0.1, 0.15) is 5.65 Å². The number of aryl methyl sites for hydroxylation is 1. The van der Waals surface area contributed by atoms with Crippen LogP contribution in [0.2, 0.25) is 0 Å². The van der Waals surface area contributed by atoms with Gasteiger partial charge in [0, 0.05) is 6.54 Å². The standard InChI is InChI=1S/C24H21F2N3O3/c1-4-13-28-17-7-5-6-8-18(17)29-23(28)22(15(2)27-29)19(30)11-9-16-10-12-20(32-24(25)26)21(14-16)31-3/h4-12,14,24H,1,13H2,2-3H3/b11-9+. The number of allylic oxidation sites excluding steroid dienone is 2. The molecule has 164 valence electrons. The molecule has 2 aromatic carbocycles. The molecule has 0 radical (unpaired) electrons. The Bertz CT molecular complexity index is 1350. The molecule has 0 bridgehead atoms. The first-order chi connectivity index (χ1) is 15.4. The highest BCUT2D eigenvalue weighted by atomic mass is 19.3. The Hall–Kier alpha value is -3.94. The van der Waals surface area contributed by atoms with Crippen LogP contribution >= 0.6 is 0 Å². The highest BCUT2D eigenvalue weighted by Crippen LogP contribution is 2.30. The van der Waals surface area contributed by atoms with Crippen molar-refractivity contribution in [2.24, 2.45) is 0 Å². The Balaban J connectivity index is 1.74. The lowest BCUT2D eigenvalue weighted by molar-refractivity contribution is -0.0512. The molecule has 8 heteroatoms. The molecule has 0 N–H and O–H groups in total. The van der Waals surface area contributed by atoms with Gasteiger partial charge in [-0.05, 0) is 42.8 Å². The molecule has 0 unspecified atom stereocenters. The number of ketones is 1. The summed E-state index contributed by atoms with van der Waals surface area (Å²) in [4.78, 5) is 13.2. The molecule has 0 saturated heterocycles. The molecule has 2 aromatic heterocycles. The topological polar surface area (TPSA) is 57.8 Å². The predicted octanol–water partition coefficient (Wildman–Crippen LogP) is 5.29. The monoisotopic (exact) mass is 437 g/mol. The summed E-state index contributed by atoms with van der Waals surface area (Å²) in [7, 11) is 1.36. The number of fused-ring (bicyclic) bond motifs is 3. The zero-order valence-electron chi connectivity index (χ0n) is 17.6. The van der Waals surface area contributed by atoms with Crippen LogP contribution in [-0.4, -0.2) is 33.7 Å². The number of rotatable bonds is 8. The van der Waals surface area contributed by atoms with E-state index in [1.54, 1.807) is 29.7 Å². The number of aromatic nitrogens is 3. The Morgan fingerprint density at radius 1 is 1.19 bits per heavy atom. The van der Waals surface area contributed by atoms with E-state index in [0.29, 0.717) is 29.0 Å². The van der Waals surface area contributed by atoms with Gasteiger partial charge in [-0.25, -0.2) is 4.52 Å². The summed E-state index contributed by atoms with van der Waals surface area (Å²) in [5.74, 6) is -0.151. The maximum Gasteiger partial charge on any atom is 0.387 e. The lowest BCUT2D eigenvalue weighted by atomic mass is 10.1. The van der Waals surface area contributed by atoms with Gasteiger partial charge in [-0.1, -0.05) is 30.4 Å². The maximum absolute atomic E-state index is 13.2. The molecule has 4 aromatic rings. The van der Waals surface area contributed by atoms with Gasteiger partial charge < -0.3 is 14.0 Å². The Morgan fingerprint density at radius 3 is 2.62 bits per heavy atom. The fourth-order valence-corrected chi connectivity index (χ4v) is 3.76. The van der Waals surface area contributed by atoms with Crippen LogP contribution in [-0.2, 0) is 6.54 Å². The number of nitrogens with zero attached hydrogens (tertiary/aromatic N) is 3. The van der Waals surface area contributed by atoms with E-state index in [1.807, 2.05) is 28.8 Å². The number of methoxy groups -OCH3 is 1. The van der Waals surface area contributed by atoms with Crippen LogP contribution in [0.3, 0.4) is 0 Å². The molecule has 32 heavy (non-hydrogen) atoms. The Morgan fingerprint density at radius 2 is 1.94 bits per heavy atom. The fraction of sp³-hybridized carbons (Fsp3) is 0.167. The van der Waals surface area contributed by atoms with E-state index >= 15 is 0 Å². The van der Waals surface area contributed by atoms with Crippen LogP contribution in [0.5, 0.6) is 11.5 Å². The maximum atomic E-state index is 13.2. The van der Waals surface area contributed by atoms with Gasteiger partial charge in [-0.3, -0.25) is 4.79 Å². The quantitative estimate of drug-likeness (QED) is 0.214. The molecular formula is C24H21F2N3O3. The number of alkyl halides is 2. The van der Waals surface area contributed by atoms with Gasteiger partial charge in [0.25, 0.3) is 0 Å². The molecule has 0 aliphatic rings. The van der Waals surface area contributed by atoms with E-state index in [2.05, 4.69) is 16.4 Å². The van der Waals surface area contributed by atoms with E-state index in [-0.39, 0.29) is 17.3 Å². The summed E-state index contributed by atoms with van der Waals surface area (Å²) in [6.45, 7) is 3.19. The molecule has 0 aliphatic heterocycles. The highest BCUT2D eigenvalue weighted by molar-refractivity contribution is 6.12. The molecular weight excluding hydrogens is 416 g/mol. The van der Waals surface area contributed by atoms with Crippen molar-refractivity contribution in [3.8, 4) is 11.5 Å². The first-order valence-electron chi connectivity index (χ1n) is 9.87. The zero-order valence-corrected chi connectivity index (χ0v) is 17.6. The minimum Gasteiger partial charge on any atom is -0.493 e. The van der Waals surface area contributed by atoms with Gasteiger partial charge in [0.05, 0.1) is 29.4 Å². The largest absolute Gasteiger partial charge is 0.493 e. The average Bonchev–Trinajstić information content (AvgIpc) is 3.26. The number of carbonyl (C=O) groups excluding carboxylic acids is 1. The second-order valence-corrected chi connectivity index (χ2v) is 7.07. The smallest absolute Gasteiger partial charge is 0.387 e. The summed E-state index contributed by atoms with van der Waals surface area (Å²) in [6.07, 6.45) is 4.80. The van der Waals surface area contributed by atoms with Crippen molar-refractivity contribution in [2.75, 3.05) is 7.11 Å². The van der Waals surface area contributed by atoms with Crippen molar-refractivity contribution < 1.29 is 23.0 Å². The van der Waals surface area contributed by atoms with Gasteiger partial charge in [0.2, 0.25) is 0 Å². The number of halogens is 2. The number of hydrogen-bond acceptors (Lipinski definition) is 4. The fourth-order valence-electron chi connectivity index (χ4n) is 3.76. The lowest BCUT2D eigenvalue weighted by Gasteiger charge is -2.10. The average molecular weight is 437 g/mol. The van der Waals surface area contributed by atoms with E-state index in [1.165, 1.54) is 25.3 Å². The molecule has 0 aliphatic carbocycles. The molecule has 0 saturated carbocycles. The van der Waals surface area contributed by atoms with Crippen molar-refractivity contribution in [1.82, 2.24) is 14.2 Å². The van der Waals surface area contributed by atoms with Crippen LogP contribution < -0.4 is 9.47 Å². The highest BCUT2D eigenvalue weighted by Gasteiger charge is 2.22. The van der Waals surface area contributed by atoms with E-state index < -0.39 is 6.61 Å². The van der Waals surface area contributed by atoms with Gasteiger partial charge >= 0.3 is 6.61 Å². The summed E-state index contributed by atoms with van der Waals surface area (Å²) < 4.78 is 38.4. The minimum absolute atomic E-state index is 0.0749. The van der Waals surface area contributed by atoms with Gasteiger partial charge in [0.15, 0.2) is 17.3 Å². The number of ether oxygens (including phenoxy) is 2. The third-order valence-corrected chi connectivity index (χ3v) is 5.08. The Kier molecular flexibility index (Phi) is 5.77. The number of hydrogen-bond donors (Lipinski definition) is 0. The molecule has 0 fully saturated rings. The molecule has 0 atom stereocenters. The van der Waals surface area contributed by atoms with Gasteiger partial charge in [-0.15, -0.1) is 6.58 Å². The molecule has 6 nitrogen and oxygen atoms in total. The predicted molar refractivity (Wildman–Crippen MR) is 119 cm³/mol. The number of carbonyl (C=O) groups is 1. The van der Waals surface area contributed by atoms with Crippen LogP contribution in [0.4, 0.5) is 8.78 Å². The normalized spacial score (nSPS) is 11.7. The van der Waals surface area contributed by atoms with Crippen LogP contribution in [0.15, 0.2) is 61.2 Å². The van der Waals surface area contributed by atoms with E-state index in [4.69, 9.17) is 4.74 Å². The second kappa shape index (κ2) is 8.66. The summed E-state index contributed by atoms with van der Waals surface area (Å²) in [6, 6.07) is 12.3. The first-order valence-corrected chi connectivity index (χ1v) is 9.87. The molecule has 2 heterocycles. The molecule has 0 spiro atoms. The first kappa shape index (κ1) is 21.3. The minimum atomic E-state index is -2.96. The van der Waals surface area contributed by atoms with Crippen LogP contribution in [0.1, 0.15) is 21.6 Å².